The van der Waals surface area contributed by atoms with Crippen molar-refractivity contribution < 1.29 is 18.3 Å². The summed E-state index contributed by atoms with van der Waals surface area (Å²) in [6.45, 7) is 1.69. The fourth-order valence-corrected chi connectivity index (χ4v) is 2.61. The molecule has 0 saturated carbocycles. The molecule has 1 aromatic heterocycles. The molecule has 124 valence electrons. The zero-order chi connectivity index (χ0) is 17.3. The van der Waals surface area contributed by atoms with E-state index >= 15 is 0 Å². The van der Waals surface area contributed by atoms with Gasteiger partial charge in [0.2, 0.25) is 0 Å². The van der Waals surface area contributed by atoms with Crippen molar-refractivity contribution in [3.8, 4) is 0 Å². The highest BCUT2D eigenvalue weighted by molar-refractivity contribution is 5.86. The summed E-state index contributed by atoms with van der Waals surface area (Å²) in [6, 6.07) is 9.70. The number of carbonyl (C=O) groups is 1. The van der Waals surface area contributed by atoms with Gasteiger partial charge in [0.25, 0.3) is 0 Å². The second-order valence-electron chi connectivity index (χ2n) is 5.17. The Labute approximate surface area is 135 Å². The maximum Gasteiger partial charge on any atom is 0.422 e. The first-order chi connectivity index (χ1) is 11.5. The van der Waals surface area contributed by atoms with Crippen LogP contribution in [0.3, 0.4) is 0 Å². The highest BCUT2D eigenvalue weighted by Crippen LogP contribution is 2.16. The Balaban J connectivity index is 2.16. The summed E-state index contributed by atoms with van der Waals surface area (Å²) in [5, 5.41) is 0. The van der Waals surface area contributed by atoms with E-state index in [2.05, 4.69) is 0 Å². The second-order valence-corrected chi connectivity index (χ2v) is 5.17. The van der Waals surface area contributed by atoms with Crippen LogP contribution >= 0.6 is 0 Å². The number of para-hydroxylation sites is 2. The average Bonchev–Trinajstić information content (AvgIpc) is 2.79. The van der Waals surface area contributed by atoms with Gasteiger partial charge >= 0.3 is 11.8 Å². The molecule has 0 aliphatic rings. The Morgan fingerprint density at radius 3 is 2.33 bits per heavy atom. The lowest BCUT2D eigenvalue weighted by Gasteiger charge is -2.04. The van der Waals surface area contributed by atoms with E-state index in [4.69, 9.17) is 4.74 Å². The minimum absolute atomic E-state index is 0.0690. The third-order valence-electron chi connectivity index (χ3n) is 3.55. The van der Waals surface area contributed by atoms with E-state index in [-0.39, 0.29) is 18.7 Å². The molecular formula is C17H14F2N2O3. The predicted molar refractivity (Wildman–Crippen MR) is 84.1 cm³/mol. The molecule has 0 spiro atoms. The van der Waals surface area contributed by atoms with Gasteiger partial charge in [0.15, 0.2) is 0 Å². The number of carbonyl (C=O) groups excluding carboxylic acids is 1. The Kier molecular flexibility index (Phi) is 4.16. The molecule has 0 saturated heterocycles. The average molecular weight is 332 g/mol. The summed E-state index contributed by atoms with van der Waals surface area (Å²) >= 11 is 0. The topological polar surface area (TPSA) is 53.2 Å². The van der Waals surface area contributed by atoms with E-state index in [0.29, 0.717) is 11.0 Å². The number of benzene rings is 2. The molecule has 24 heavy (non-hydrogen) atoms. The van der Waals surface area contributed by atoms with Gasteiger partial charge in [0.1, 0.15) is 11.6 Å². The maximum absolute atomic E-state index is 13.4. The number of nitrogens with zero attached hydrogens (tertiary/aromatic N) is 2. The highest BCUT2D eigenvalue weighted by atomic mass is 19.1. The van der Waals surface area contributed by atoms with Crippen molar-refractivity contribution in [3.05, 3.63) is 70.1 Å². The van der Waals surface area contributed by atoms with Crippen molar-refractivity contribution in [1.82, 2.24) is 9.13 Å². The van der Waals surface area contributed by atoms with Crippen LogP contribution in [0, 0.1) is 11.6 Å². The van der Waals surface area contributed by atoms with Crippen LogP contribution in [0.2, 0.25) is 0 Å². The van der Waals surface area contributed by atoms with Crippen molar-refractivity contribution in [2.75, 3.05) is 6.61 Å². The molecule has 3 aromatic rings. The quantitative estimate of drug-likeness (QED) is 0.740. The van der Waals surface area contributed by atoms with Gasteiger partial charge in [0.05, 0.1) is 24.2 Å². The number of hydrogen-bond donors (Lipinski definition) is 0. The van der Waals surface area contributed by atoms with Gasteiger partial charge in [0, 0.05) is 6.07 Å². The van der Waals surface area contributed by atoms with Crippen LogP contribution in [-0.2, 0) is 11.3 Å². The first kappa shape index (κ1) is 15.9. The van der Waals surface area contributed by atoms with Gasteiger partial charge < -0.3 is 4.74 Å². The number of hydrogen-bond acceptors (Lipinski definition) is 3. The monoisotopic (exact) mass is 332 g/mol. The standard InChI is InChI=1S/C17H14F2N2O3/c1-2-24-17(23)21-15-6-4-3-5-14(15)20(16(21)22)10-11-7-12(18)9-13(19)8-11/h3-9H,2,10H2,1H3. The minimum Gasteiger partial charge on any atom is -0.449 e. The Hall–Kier alpha value is -2.96. The van der Waals surface area contributed by atoms with Gasteiger partial charge in [-0.3, -0.25) is 4.57 Å². The number of aromatic nitrogens is 2. The molecule has 0 unspecified atom stereocenters. The molecule has 5 nitrogen and oxygen atoms in total. The van der Waals surface area contributed by atoms with Crippen molar-refractivity contribution >= 4 is 17.1 Å². The molecule has 0 aliphatic heterocycles. The molecule has 1 heterocycles. The number of imidazole rings is 1. The first-order valence-corrected chi connectivity index (χ1v) is 7.33. The summed E-state index contributed by atoms with van der Waals surface area (Å²) in [5.74, 6) is -1.46. The van der Waals surface area contributed by atoms with E-state index < -0.39 is 23.4 Å². The number of ether oxygens (including phenoxy) is 1. The van der Waals surface area contributed by atoms with Crippen LogP contribution < -0.4 is 5.69 Å². The summed E-state index contributed by atoms with van der Waals surface area (Å²) in [6.07, 6.45) is -0.789. The largest absolute Gasteiger partial charge is 0.449 e. The van der Waals surface area contributed by atoms with Gasteiger partial charge in [-0.05, 0) is 36.8 Å². The van der Waals surface area contributed by atoms with E-state index in [1.807, 2.05) is 0 Å². The predicted octanol–water partition coefficient (Wildman–Crippen LogP) is 3.13. The van der Waals surface area contributed by atoms with Gasteiger partial charge in [-0.2, -0.15) is 4.57 Å². The third kappa shape index (κ3) is 2.80. The summed E-state index contributed by atoms with van der Waals surface area (Å²) in [4.78, 5) is 24.7. The molecule has 0 radical (unpaired) electrons. The minimum atomic E-state index is -0.789. The summed E-state index contributed by atoms with van der Waals surface area (Å²) in [7, 11) is 0. The molecule has 0 amide bonds. The lowest BCUT2D eigenvalue weighted by Crippen LogP contribution is -2.30. The maximum atomic E-state index is 13.4. The fourth-order valence-electron chi connectivity index (χ4n) is 2.61. The van der Waals surface area contributed by atoms with Crippen LogP contribution in [0.15, 0.2) is 47.3 Å². The number of rotatable bonds is 3. The molecule has 0 aliphatic carbocycles. The van der Waals surface area contributed by atoms with Crippen molar-refractivity contribution in [2.45, 2.75) is 13.5 Å². The molecule has 0 N–H and O–H groups in total. The molecule has 7 heteroatoms. The van der Waals surface area contributed by atoms with Crippen LogP contribution in [0.4, 0.5) is 13.6 Å². The van der Waals surface area contributed by atoms with Crippen molar-refractivity contribution in [1.29, 1.82) is 0 Å². The summed E-state index contributed by atoms with van der Waals surface area (Å²) < 4.78 is 33.8. The number of halogens is 2. The van der Waals surface area contributed by atoms with Crippen molar-refractivity contribution in [3.63, 3.8) is 0 Å². The molecular weight excluding hydrogens is 318 g/mol. The van der Waals surface area contributed by atoms with E-state index in [9.17, 15) is 18.4 Å². The molecule has 0 bridgehead atoms. The molecule has 0 fully saturated rings. The Bertz CT molecular complexity index is 955. The third-order valence-corrected chi connectivity index (χ3v) is 3.55. The van der Waals surface area contributed by atoms with E-state index in [1.165, 1.54) is 4.57 Å². The lowest BCUT2D eigenvalue weighted by molar-refractivity contribution is 0.154. The molecule has 3 rings (SSSR count). The molecule has 2 aromatic carbocycles. The van der Waals surface area contributed by atoms with Crippen LogP contribution in [0.1, 0.15) is 12.5 Å². The van der Waals surface area contributed by atoms with Crippen molar-refractivity contribution in [2.24, 2.45) is 0 Å². The smallest absolute Gasteiger partial charge is 0.422 e. The molecule has 0 atom stereocenters. The van der Waals surface area contributed by atoms with Gasteiger partial charge in [-0.15, -0.1) is 0 Å². The normalized spacial score (nSPS) is 11.0. The highest BCUT2D eigenvalue weighted by Gasteiger charge is 2.19. The first-order valence-electron chi connectivity index (χ1n) is 7.33. The zero-order valence-corrected chi connectivity index (χ0v) is 12.8. The SMILES string of the molecule is CCOC(=O)n1c(=O)n(Cc2cc(F)cc(F)c2)c2ccccc21. The van der Waals surface area contributed by atoms with Crippen LogP contribution in [-0.4, -0.2) is 21.8 Å². The zero-order valence-electron chi connectivity index (χ0n) is 12.8. The fraction of sp³-hybridized carbons (Fsp3) is 0.176. The van der Waals surface area contributed by atoms with E-state index in [0.717, 1.165) is 22.8 Å². The lowest BCUT2D eigenvalue weighted by atomic mass is 10.2. The van der Waals surface area contributed by atoms with Gasteiger partial charge in [-0.25, -0.2) is 18.4 Å². The van der Waals surface area contributed by atoms with Crippen LogP contribution in [0.25, 0.3) is 11.0 Å². The van der Waals surface area contributed by atoms with Crippen LogP contribution in [0.5, 0.6) is 0 Å². The van der Waals surface area contributed by atoms with Gasteiger partial charge in [-0.1, -0.05) is 12.1 Å². The Morgan fingerprint density at radius 2 is 1.71 bits per heavy atom. The van der Waals surface area contributed by atoms with E-state index in [1.54, 1.807) is 31.2 Å². The number of fused-ring (bicyclic) bond motifs is 1. The second kappa shape index (κ2) is 6.27. The Morgan fingerprint density at radius 1 is 1.08 bits per heavy atom. The summed E-state index contributed by atoms with van der Waals surface area (Å²) in [5.41, 5.74) is 0.499.